The van der Waals surface area contributed by atoms with E-state index in [4.69, 9.17) is 4.74 Å². The Morgan fingerprint density at radius 3 is 2.56 bits per heavy atom. The molecule has 1 atom stereocenters. The summed E-state index contributed by atoms with van der Waals surface area (Å²) in [6.45, 7) is 1.65. The highest BCUT2D eigenvalue weighted by molar-refractivity contribution is 5.75. The molecule has 1 heterocycles. The quantitative estimate of drug-likeness (QED) is 0.780. The maximum absolute atomic E-state index is 10.6. The van der Waals surface area contributed by atoms with Crippen molar-refractivity contribution in [3.8, 4) is 0 Å². The Balaban J connectivity index is 1.97. The van der Waals surface area contributed by atoms with Crippen molar-refractivity contribution < 1.29 is 14.6 Å². The molecule has 98 valence electrons. The van der Waals surface area contributed by atoms with Crippen molar-refractivity contribution in [1.29, 1.82) is 0 Å². The lowest BCUT2D eigenvalue weighted by Crippen LogP contribution is -2.36. The first-order valence-corrected chi connectivity index (χ1v) is 6.34. The third-order valence-corrected chi connectivity index (χ3v) is 3.43. The minimum atomic E-state index is 0.0518. The number of rotatable bonds is 5. The van der Waals surface area contributed by atoms with Crippen LogP contribution in [0.25, 0.3) is 0 Å². The molecule has 2 N–H and O–H groups in total. The van der Waals surface area contributed by atoms with E-state index in [-0.39, 0.29) is 12.6 Å². The number of aliphatic hydroxyl groups is 1. The fourth-order valence-electron chi connectivity index (χ4n) is 2.30. The Labute approximate surface area is 107 Å². The van der Waals surface area contributed by atoms with E-state index >= 15 is 0 Å². The van der Waals surface area contributed by atoms with E-state index in [2.05, 4.69) is 5.32 Å². The maximum Gasteiger partial charge on any atom is 0.150 e. The summed E-state index contributed by atoms with van der Waals surface area (Å²) in [6.07, 6.45) is 2.78. The summed E-state index contributed by atoms with van der Waals surface area (Å²) in [5.74, 6) is 0.439. The summed E-state index contributed by atoms with van der Waals surface area (Å²) in [5.41, 5.74) is 1.60. The zero-order valence-corrected chi connectivity index (χ0v) is 10.3. The van der Waals surface area contributed by atoms with Crippen LogP contribution in [-0.2, 0) is 4.74 Å². The predicted molar refractivity (Wildman–Crippen MR) is 69.9 cm³/mol. The third kappa shape index (κ3) is 3.31. The third-order valence-electron chi connectivity index (χ3n) is 3.43. The molecular weight excluding hydrogens is 230 g/mol. The molecule has 2 rings (SSSR count). The summed E-state index contributed by atoms with van der Waals surface area (Å²) in [4.78, 5) is 10.6. The summed E-state index contributed by atoms with van der Waals surface area (Å²) in [7, 11) is 0. The largest absolute Gasteiger partial charge is 0.394 e. The Morgan fingerprint density at radius 1 is 1.33 bits per heavy atom. The van der Waals surface area contributed by atoms with E-state index in [1.54, 1.807) is 12.1 Å². The first-order chi connectivity index (χ1) is 8.83. The second-order valence-corrected chi connectivity index (χ2v) is 4.62. The zero-order chi connectivity index (χ0) is 12.8. The van der Waals surface area contributed by atoms with Crippen LogP contribution in [-0.4, -0.2) is 37.3 Å². The normalized spacial score (nSPS) is 18.3. The number of carbonyl (C=O) groups is 1. The molecule has 1 aliphatic rings. The molecule has 0 bridgehead atoms. The van der Waals surface area contributed by atoms with Crippen LogP contribution >= 0.6 is 0 Å². The number of aldehydes is 1. The molecule has 0 radical (unpaired) electrons. The molecule has 1 unspecified atom stereocenters. The molecule has 1 aromatic carbocycles. The van der Waals surface area contributed by atoms with Crippen molar-refractivity contribution >= 4 is 12.0 Å². The predicted octanol–water partition coefficient (Wildman–Crippen LogP) is 1.70. The van der Waals surface area contributed by atoms with Crippen LogP contribution in [0.3, 0.4) is 0 Å². The average molecular weight is 249 g/mol. The summed E-state index contributed by atoms with van der Waals surface area (Å²) >= 11 is 0. The van der Waals surface area contributed by atoms with Crippen LogP contribution in [0.5, 0.6) is 0 Å². The number of hydrogen-bond acceptors (Lipinski definition) is 4. The van der Waals surface area contributed by atoms with E-state index in [0.717, 1.165) is 38.0 Å². The topological polar surface area (TPSA) is 58.6 Å². The molecular formula is C14H19NO3. The fraction of sp³-hybridized carbons (Fsp3) is 0.500. The second-order valence-electron chi connectivity index (χ2n) is 4.62. The smallest absolute Gasteiger partial charge is 0.150 e. The minimum Gasteiger partial charge on any atom is -0.394 e. The highest BCUT2D eigenvalue weighted by Crippen LogP contribution is 2.22. The Bertz CT molecular complexity index is 371. The van der Waals surface area contributed by atoms with Gasteiger partial charge in [0.2, 0.25) is 0 Å². The van der Waals surface area contributed by atoms with E-state index < -0.39 is 0 Å². The minimum absolute atomic E-state index is 0.0518. The van der Waals surface area contributed by atoms with Gasteiger partial charge in [0.15, 0.2) is 0 Å². The molecule has 4 heteroatoms. The van der Waals surface area contributed by atoms with E-state index in [9.17, 15) is 9.90 Å². The lowest BCUT2D eigenvalue weighted by atomic mass is 9.92. The van der Waals surface area contributed by atoms with Gasteiger partial charge in [0, 0.05) is 24.5 Å². The number of carbonyl (C=O) groups excluding carboxylic acids is 1. The summed E-state index contributed by atoms with van der Waals surface area (Å²) in [6, 6.07) is 7.33. The zero-order valence-electron chi connectivity index (χ0n) is 10.3. The number of ether oxygens (including phenoxy) is 1. The van der Waals surface area contributed by atoms with Gasteiger partial charge >= 0.3 is 0 Å². The van der Waals surface area contributed by atoms with Crippen LogP contribution in [0.15, 0.2) is 24.3 Å². The number of anilines is 1. The molecule has 1 aliphatic heterocycles. The highest BCUT2D eigenvalue weighted by Gasteiger charge is 2.23. The Morgan fingerprint density at radius 2 is 2.00 bits per heavy atom. The van der Waals surface area contributed by atoms with Crippen molar-refractivity contribution in [3.63, 3.8) is 0 Å². The first kappa shape index (κ1) is 13.1. The van der Waals surface area contributed by atoms with Crippen LogP contribution in [0.2, 0.25) is 0 Å². The Kier molecular flexibility index (Phi) is 4.73. The molecule has 4 nitrogen and oxygen atoms in total. The molecule has 1 aromatic rings. The monoisotopic (exact) mass is 249 g/mol. The summed E-state index contributed by atoms with van der Waals surface area (Å²) in [5, 5.41) is 12.8. The van der Waals surface area contributed by atoms with Gasteiger partial charge in [-0.1, -0.05) is 0 Å². The van der Waals surface area contributed by atoms with Gasteiger partial charge in [0.05, 0.1) is 12.6 Å². The van der Waals surface area contributed by atoms with Gasteiger partial charge in [0.1, 0.15) is 6.29 Å². The highest BCUT2D eigenvalue weighted by atomic mass is 16.5. The van der Waals surface area contributed by atoms with Crippen molar-refractivity contribution in [2.45, 2.75) is 18.9 Å². The van der Waals surface area contributed by atoms with Crippen LogP contribution in [0, 0.1) is 5.92 Å². The van der Waals surface area contributed by atoms with Gasteiger partial charge in [0.25, 0.3) is 0 Å². The molecule has 0 aliphatic carbocycles. The van der Waals surface area contributed by atoms with Crippen molar-refractivity contribution in [2.24, 2.45) is 5.92 Å². The lowest BCUT2D eigenvalue weighted by Gasteiger charge is -2.30. The molecule has 0 saturated carbocycles. The molecule has 0 spiro atoms. The number of nitrogens with one attached hydrogen (secondary N) is 1. The second kappa shape index (κ2) is 6.52. The van der Waals surface area contributed by atoms with Crippen molar-refractivity contribution in [2.75, 3.05) is 25.1 Å². The molecule has 0 aromatic heterocycles. The number of aliphatic hydroxyl groups excluding tert-OH is 1. The standard InChI is InChI=1S/C14H19NO3/c16-9-11-1-3-13(4-2-11)15-14(10-17)12-5-7-18-8-6-12/h1-4,9,12,14-15,17H,5-8,10H2. The number of hydrogen-bond donors (Lipinski definition) is 2. The molecule has 1 fully saturated rings. The SMILES string of the molecule is O=Cc1ccc(NC(CO)C2CCOCC2)cc1. The Hall–Kier alpha value is -1.39. The van der Waals surface area contributed by atoms with E-state index in [1.165, 1.54) is 0 Å². The first-order valence-electron chi connectivity index (χ1n) is 6.34. The van der Waals surface area contributed by atoms with Gasteiger partial charge in [-0.05, 0) is 43.0 Å². The van der Waals surface area contributed by atoms with Crippen molar-refractivity contribution in [1.82, 2.24) is 0 Å². The average Bonchev–Trinajstić information content (AvgIpc) is 2.46. The molecule has 18 heavy (non-hydrogen) atoms. The van der Waals surface area contributed by atoms with Crippen LogP contribution < -0.4 is 5.32 Å². The molecule has 1 saturated heterocycles. The fourth-order valence-corrected chi connectivity index (χ4v) is 2.30. The van der Waals surface area contributed by atoms with Crippen LogP contribution in [0.1, 0.15) is 23.2 Å². The van der Waals surface area contributed by atoms with Crippen molar-refractivity contribution in [3.05, 3.63) is 29.8 Å². The van der Waals surface area contributed by atoms with Crippen LogP contribution in [0.4, 0.5) is 5.69 Å². The van der Waals surface area contributed by atoms with Gasteiger partial charge in [-0.15, -0.1) is 0 Å². The molecule has 0 amide bonds. The number of benzene rings is 1. The maximum atomic E-state index is 10.6. The van der Waals surface area contributed by atoms with E-state index in [1.807, 2.05) is 12.1 Å². The summed E-state index contributed by atoms with van der Waals surface area (Å²) < 4.78 is 5.33. The van der Waals surface area contributed by atoms with E-state index in [0.29, 0.717) is 11.5 Å². The van der Waals surface area contributed by atoms with Gasteiger partial charge in [-0.3, -0.25) is 4.79 Å². The van der Waals surface area contributed by atoms with Gasteiger partial charge < -0.3 is 15.2 Å². The van der Waals surface area contributed by atoms with Gasteiger partial charge in [-0.2, -0.15) is 0 Å². The lowest BCUT2D eigenvalue weighted by molar-refractivity contribution is 0.0534. The van der Waals surface area contributed by atoms with Gasteiger partial charge in [-0.25, -0.2) is 0 Å².